The summed E-state index contributed by atoms with van der Waals surface area (Å²) in [4.78, 5) is 0. The summed E-state index contributed by atoms with van der Waals surface area (Å²) in [6.07, 6.45) is 2.00. The van der Waals surface area contributed by atoms with E-state index in [2.05, 4.69) is 93.0 Å². The molecule has 56 heavy (non-hydrogen) atoms. The molecule has 0 aliphatic carbocycles. The van der Waals surface area contributed by atoms with Crippen LogP contribution in [-0.2, 0) is 14.8 Å². The van der Waals surface area contributed by atoms with Gasteiger partial charge in [0, 0.05) is 19.4 Å². The summed E-state index contributed by atoms with van der Waals surface area (Å²) >= 11 is 0. The number of rotatable bonds is 15. The molecule has 0 amide bonds. The van der Waals surface area contributed by atoms with Crippen LogP contribution >= 0.6 is 0 Å². The number of allylic oxidation sites excluding steroid dienone is 2. The standard InChI is InChI=1S/C49H52O6Si/c1-48(2,3)56(46-23-15-9-16-24-46,47-25-17-10-18-26-47)55-38-36-43(51)22-14-7-6-13-21-42(50)35-37-54-49(39-19-11-8-12-20-39,40-27-31-44(52-4)32-28-40)41-29-33-45(53-5)34-30-41/h6-12,15-20,23-34,42-43,50-51H,35-38H2,1-5H3/b7-6-/t42-,43+/m0/s1. The highest BCUT2D eigenvalue weighted by Gasteiger charge is 2.50. The third-order valence-electron chi connectivity index (χ3n) is 9.76. The van der Waals surface area contributed by atoms with Gasteiger partial charge in [0.25, 0.3) is 8.32 Å². The van der Waals surface area contributed by atoms with Gasteiger partial charge in [-0.05, 0) is 68.5 Å². The summed E-state index contributed by atoms with van der Waals surface area (Å²) in [5.74, 6) is 13.0. The molecule has 288 valence electrons. The maximum atomic E-state index is 10.8. The monoisotopic (exact) mass is 764 g/mol. The van der Waals surface area contributed by atoms with E-state index in [1.165, 1.54) is 10.4 Å². The zero-order valence-electron chi connectivity index (χ0n) is 32.9. The maximum Gasteiger partial charge on any atom is 0.261 e. The second-order valence-electron chi connectivity index (χ2n) is 14.4. The minimum absolute atomic E-state index is 0.150. The summed E-state index contributed by atoms with van der Waals surface area (Å²) in [6, 6.07) is 46.6. The molecule has 5 aromatic carbocycles. The van der Waals surface area contributed by atoms with Crippen molar-refractivity contribution >= 4 is 18.7 Å². The third-order valence-corrected chi connectivity index (χ3v) is 14.8. The smallest absolute Gasteiger partial charge is 0.261 e. The van der Waals surface area contributed by atoms with E-state index in [9.17, 15) is 10.2 Å². The predicted octanol–water partition coefficient (Wildman–Crippen LogP) is 7.65. The van der Waals surface area contributed by atoms with Crippen LogP contribution in [0.4, 0.5) is 0 Å². The Balaban J connectivity index is 1.22. The summed E-state index contributed by atoms with van der Waals surface area (Å²) in [6.45, 7) is 7.27. The molecule has 0 aromatic heterocycles. The second kappa shape index (κ2) is 20.0. The van der Waals surface area contributed by atoms with Crippen molar-refractivity contribution in [2.24, 2.45) is 0 Å². The van der Waals surface area contributed by atoms with E-state index in [0.717, 1.165) is 28.2 Å². The Hall–Kier alpha value is -5.38. The molecule has 5 aromatic rings. The summed E-state index contributed by atoms with van der Waals surface area (Å²) in [5.41, 5.74) is 1.78. The average molecular weight is 765 g/mol. The van der Waals surface area contributed by atoms with Gasteiger partial charge in [-0.1, -0.05) is 160 Å². The minimum Gasteiger partial charge on any atom is -0.497 e. The molecule has 5 rings (SSSR count). The van der Waals surface area contributed by atoms with E-state index >= 15 is 0 Å². The molecule has 0 saturated heterocycles. The Bertz CT molecular complexity index is 2000. The molecule has 7 heteroatoms. The van der Waals surface area contributed by atoms with Gasteiger partial charge in [0.2, 0.25) is 0 Å². The molecular formula is C49H52O6Si. The first-order chi connectivity index (χ1) is 27.1. The van der Waals surface area contributed by atoms with Crippen molar-refractivity contribution in [2.45, 2.75) is 56.5 Å². The van der Waals surface area contributed by atoms with E-state index in [0.29, 0.717) is 13.0 Å². The summed E-state index contributed by atoms with van der Waals surface area (Å²) in [5, 5.41) is 23.8. The number of hydrogen-bond acceptors (Lipinski definition) is 6. The fourth-order valence-corrected chi connectivity index (χ4v) is 11.6. The molecule has 0 unspecified atom stereocenters. The van der Waals surface area contributed by atoms with Gasteiger partial charge >= 0.3 is 0 Å². The molecule has 0 heterocycles. The summed E-state index contributed by atoms with van der Waals surface area (Å²) in [7, 11) is 0.592. The normalized spacial score (nSPS) is 12.8. The molecule has 2 atom stereocenters. The largest absolute Gasteiger partial charge is 0.497 e. The lowest BCUT2D eigenvalue weighted by molar-refractivity contribution is 0.000747. The Morgan fingerprint density at radius 1 is 0.554 bits per heavy atom. The highest BCUT2D eigenvalue weighted by Crippen LogP contribution is 2.42. The molecular weight excluding hydrogens is 713 g/mol. The number of benzene rings is 5. The van der Waals surface area contributed by atoms with Crippen LogP contribution in [0.2, 0.25) is 5.04 Å². The van der Waals surface area contributed by atoms with Gasteiger partial charge in [-0.2, -0.15) is 0 Å². The van der Waals surface area contributed by atoms with Gasteiger partial charge in [0.15, 0.2) is 0 Å². The van der Waals surface area contributed by atoms with Crippen LogP contribution in [-0.4, -0.2) is 58.2 Å². The topological polar surface area (TPSA) is 77.4 Å². The van der Waals surface area contributed by atoms with Gasteiger partial charge in [-0.15, -0.1) is 0 Å². The van der Waals surface area contributed by atoms with Gasteiger partial charge in [-0.25, -0.2) is 0 Å². The predicted molar refractivity (Wildman–Crippen MR) is 228 cm³/mol. The van der Waals surface area contributed by atoms with Crippen molar-refractivity contribution in [3.63, 3.8) is 0 Å². The van der Waals surface area contributed by atoms with Gasteiger partial charge in [-0.3, -0.25) is 0 Å². The second-order valence-corrected chi connectivity index (χ2v) is 18.7. The number of aliphatic hydroxyl groups excluding tert-OH is 2. The molecule has 0 aliphatic rings. The van der Waals surface area contributed by atoms with Gasteiger partial charge < -0.3 is 28.8 Å². The van der Waals surface area contributed by atoms with E-state index < -0.39 is 26.1 Å². The van der Waals surface area contributed by atoms with E-state index in [1.807, 2.05) is 91.0 Å². The number of hydrogen-bond donors (Lipinski definition) is 2. The molecule has 2 N–H and O–H groups in total. The average Bonchev–Trinajstić information content (AvgIpc) is 3.23. The molecule has 0 saturated carbocycles. The van der Waals surface area contributed by atoms with Crippen LogP contribution in [0, 0.1) is 23.7 Å². The van der Waals surface area contributed by atoms with Crippen LogP contribution in [0.5, 0.6) is 11.5 Å². The van der Waals surface area contributed by atoms with Crippen LogP contribution in [0.3, 0.4) is 0 Å². The lowest BCUT2D eigenvalue weighted by Crippen LogP contribution is -2.66. The fourth-order valence-electron chi connectivity index (χ4n) is 7.00. The van der Waals surface area contributed by atoms with Crippen molar-refractivity contribution in [1.82, 2.24) is 0 Å². The molecule has 0 spiro atoms. The molecule has 0 aliphatic heterocycles. The Morgan fingerprint density at radius 2 is 0.946 bits per heavy atom. The molecule has 0 bridgehead atoms. The third kappa shape index (κ3) is 10.1. The van der Waals surface area contributed by atoms with E-state index in [-0.39, 0.29) is 18.1 Å². The van der Waals surface area contributed by atoms with Gasteiger partial charge in [0.05, 0.1) is 20.8 Å². The number of aliphatic hydroxyl groups is 2. The highest BCUT2D eigenvalue weighted by molar-refractivity contribution is 6.99. The van der Waals surface area contributed by atoms with Crippen molar-refractivity contribution in [1.29, 1.82) is 0 Å². The van der Waals surface area contributed by atoms with E-state index in [4.69, 9.17) is 18.6 Å². The quantitative estimate of drug-likeness (QED) is 0.0649. The Morgan fingerprint density at radius 3 is 1.36 bits per heavy atom. The Kier molecular flexibility index (Phi) is 14.9. The zero-order chi connectivity index (χ0) is 39.9. The first kappa shape index (κ1) is 41.8. The first-order valence-electron chi connectivity index (χ1n) is 18.9. The molecule has 0 radical (unpaired) electrons. The van der Waals surface area contributed by atoms with Crippen LogP contribution in [0.1, 0.15) is 50.3 Å². The first-order valence-corrected chi connectivity index (χ1v) is 20.8. The molecule has 0 fully saturated rings. The molecule has 6 nitrogen and oxygen atoms in total. The van der Waals surface area contributed by atoms with Crippen molar-refractivity contribution < 1.29 is 28.8 Å². The number of methoxy groups -OCH3 is 2. The van der Waals surface area contributed by atoms with Gasteiger partial charge in [0.1, 0.15) is 29.3 Å². The Labute approximate surface area is 333 Å². The maximum absolute atomic E-state index is 10.8. The van der Waals surface area contributed by atoms with Crippen LogP contribution < -0.4 is 19.8 Å². The lowest BCUT2D eigenvalue weighted by Gasteiger charge is -2.43. The minimum atomic E-state index is -2.69. The SMILES string of the molecule is COc1ccc(C(OCC[C@@H](O)C#C/C=C\C#C[C@@H](O)CCO[Si](c2ccccc2)(c2ccccc2)C(C)(C)C)(c2ccccc2)c2ccc(OC)cc2)cc1. The van der Waals surface area contributed by atoms with Crippen LogP contribution in [0.15, 0.2) is 152 Å². The highest BCUT2D eigenvalue weighted by atomic mass is 28.4. The summed E-state index contributed by atoms with van der Waals surface area (Å²) < 4.78 is 24.6. The van der Waals surface area contributed by atoms with Crippen molar-refractivity contribution in [3.05, 3.63) is 168 Å². The van der Waals surface area contributed by atoms with Crippen molar-refractivity contribution in [2.75, 3.05) is 27.4 Å². The fraction of sp³-hybridized carbons (Fsp3) is 0.265. The lowest BCUT2D eigenvalue weighted by atomic mass is 9.80. The van der Waals surface area contributed by atoms with Crippen LogP contribution in [0.25, 0.3) is 0 Å². The zero-order valence-corrected chi connectivity index (χ0v) is 33.9. The van der Waals surface area contributed by atoms with Crippen molar-refractivity contribution in [3.8, 4) is 35.2 Å². The van der Waals surface area contributed by atoms with E-state index in [1.54, 1.807) is 26.4 Å². The number of ether oxygens (including phenoxy) is 3.